The van der Waals surface area contributed by atoms with E-state index in [-0.39, 0.29) is 17.8 Å². The lowest BCUT2D eigenvalue weighted by Crippen LogP contribution is -2.43. The normalized spacial score (nSPS) is 25.4. The fourth-order valence-electron chi connectivity index (χ4n) is 4.23. The molecular formula is C23H36O3S. The van der Waals surface area contributed by atoms with Crippen LogP contribution in [0.4, 0.5) is 0 Å². The minimum absolute atomic E-state index is 0.103. The molecule has 1 aromatic carbocycles. The van der Waals surface area contributed by atoms with Crippen molar-refractivity contribution in [2.24, 2.45) is 5.92 Å². The number of carbonyl (C=O) groups excluding carboxylic acids is 1. The smallest absolute Gasteiger partial charge is 0.168 e. The Morgan fingerprint density at radius 1 is 1.22 bits per heavy atom. The Morgan fingerprint density at radius 2 is 1.85 bits per heavy atom. The standard InChI is InChI=1S/C23H36O3S/c1-7-9-18(8-2)27-13-17(6)20-12-19(24)22(23(25)26-20)21-15(4)10-14(3)11-16(21)5/h10-11,17-18,20,22-23,25H,7-9,12-13H2,1-6H3. The number of hydrogen-bond acceptors (Lipinski definition) is 4. The first-order valence-corrected chi connectivity index (χ1v) is 11.4. The molecule has 4 heteroatoms. The Balaban J connectivity index is 2.06. The molecule has 152 valence electrons. The Hall–Kier alpha value is -0.840. The molecule has 1 N–H and O–H groups in total. The van der Waals surface area contributed by atoms with Crippen LogP contribution in [0.1, 0.15) is 74.6 Å². The van der Waals surface area contributed by atoms with Gasteiger partial charge in [0.2, 0.25) is 0 Å². The van der Waals surface area contributed by atoms with Crippen LogP contribution in [0.3, 0.4) is 0 Å². The van der Waals surface area contributed by atoms with Crippen LogP contribution in [-0.2, 0) is 9.53 Å². The van der Waals surface area contributed by atoms with Gasteiger partial charge in [-0.2, -0.15) is 11.8 Å². The van der Waals surface area contributed by atoms with Crippen molar-refractivity contribution in [1.29, 1.82) is 0 Å². The molecule has 5 atom stereocenters. The number of thioether (sulfide) groups is 1. The van der Waals surface area contributed by atoms with Gasteiger partial charge >= 0.3 is 0 Å². The lowest BCUT2D eigenvalue weighted by Gasteiger charge is -2.37. The predicted molar refractivity (Wildman–Crippen MR) is 115 cm³/mol. The second kappa shape index (κ2) is 10.1. The Labute approximate surface area is 169 Å². The molecule has 0 bridgehead atoms. The number of benzene rings is 1. The van der Waals surface area contributed by atoms with Gasteiger partial charge in [-0.15, -0.1) is 0 Å². The van der Waals surface area contributed by atoms with Gasteiger partial charge in [-0.25, -0.2) is 0 Å². The first-order valence-electron chi connectivity index (χ1n) is 10.3. The summed E-state index contributed by atoms with van der Waals surface area (Å²) < 4.78 is 5.97. The third-order valence-electron chi connectivity index (χ3n) is 5.69. The summed E-state index contributed by atoms with van der Waals surface area (Å²) in [5, 5.41) is 11.4. The summed E-state index contributed by atoms with van der Waals surface area (Å²) in [5.41, 5.74) is 4.22. The van der Waals surface area contributed by atoms with Crippen LogP contribution in [0.15, 0.2) is 12.1 Å². The van der Waals surface area contributed by atoms with E-state index in [1.165, 1.54) is 24.8 Å². The highest BCUT2D eigenvalue weighted by Gasteiger charge is 2.40. The van der Waals surface area contributed by atoms with Crippen molar-refractivity contribution in [3.8, 4) is 0 Å². The van der Waals surface area contributed by atoms with E-state index in [4.69, 9.17) is 4.74 Å². The van der Waals surface area contributed by atoms with Gasteiger partial charge in [0.1, 0.15) is 5.78 Å². The van der Waals surface area contributed by atoms with E-state index in [1.807, 2.05) is 25.6 Å². The number of aliphatic hydroxyl groups excluding tert-OH is 1. The van der Waals surface area contributed by atoms with Crippen LogP contribution in [0.2, 0.25) is 0 Å². The van der Waals surface area contributed by atoms with E-state index in [0.717, 1.165) is 22.4 Å². The molecule has 1 saturated heterocycles. The highest BCUT2D eigenvalue weighted by molar-refractivity contribution is 7.99. The van der Waals surface area contributed by atoms with Gasteiger partial charge in [0, 0.05) is 11.7 Å². The number of rotatable bonds is 8. The molecular weight excluding hydrogens is 356 g/mol. The second-order valence-corrected chi connectivity index (χ2v) is 9.49. The van der Waals surface area contributed by atoms with Crippen LogP contribution in [0, 0.1) is 26.7 Å². The van der Waals surface area contributed by atoms with Crippen molar-refractivity contribution in [2.75, 3.05) is 5.75 Å². The first-order chi connectivity index (χ1) is 12.8. The van der Waals surface area contributed by atoms with Gasteiger partial charge < -0.3 is 9.84 Å². The van der Waals surface area contributed by atoms with Gasteiger partial charge in [-0.3, -0.25) is 4.79 Å². The number of ether oxygens (including phenoxy) is 1. The summed E-state index contributed by atoms with van der Waals surface area (Å²) in [4.78, 5) is 13.0. The van der Waals surface area contributed by atoms with E-state index in [9.17, 15) is 9.90 Å². The fraction of sp³-hybridized carbons (Fsp3) is 0.696. The van der Waals surface area contributed by atoms with E-state index < -0.39 is 12.2 Å². The van der Waals surface area contributed by atoms with Crippen LogP contribution in [0.25, 0.3) is 0 Å². The third-order valence-corrected chi connectivity index (χ3v) is 7.45. The molecule has 0 spiro atoms. The predicted octanol–water partition coefficient (Wildman–Crippen LogP) is 5.32. The number of Topliss-reactive ketones (excluding diaryl/α,β-unsaturated/α-hetero) is 1. The van der Waals surface area contributed by atoms with Crippen molar-refractivity contribution >= 4 is 17.5 Å². The Bertz CT molecular complexity index is 620. The number of hydrogen-bond donors (Lipinski definition) is 1. The van der Waals surface area contributed by atoms with Crippen molar-refractivity contribution in [1.82, 2.24) is 0 Å². The molecule has 1 aliphatic rings. The molecule has 0 amide bonds. The highest BCUT2D eigenvalue weighted by Crippen LogP contribution is 2.37. The summed E-state index contributed by atoms with van der Waals surface area (Å²) in [6.07, 6.45) is 2.75. The average molecular weight is 393 g/mol. The summed E-state index contributed by atoms with van der Waals surface area (Å²) in [7, 11) is 0. The van der Waals surface area contributed by atoms with Crippen LogP contribution in [0.5, 0.6) is 0 Å². The molecule has 0 radical (unpaired) electrons. The molecule has 27 heavy (non-hydrogen) atoms. The number of carbonyl (C=O) groups is 1. The van der Waals surface area contributed by atoms with Crippen LogP contribution < -0.4 is 0 Å². The average Bonchev–Trinajstić information content (AvgIpc) is 2.59. The molecule has 1 aromatic rings. The molecule has 1 fully saturated rings. The van der Waals surface area contributed by atoms with Crippen molar-refractivity contribution in [2.45, 2.75) is 90.8 Å². The summed E-state index contributed by atoms with van der Waals surface area (Å²) in [6.45, 7) is 12.7. The van der Waals surface area contributed by atoms with Gasteiger partial charge in [-0.1, -0.05) is 44.9 Å². The molecule has 1 heterocycles. The number of ketones is 1. The zero-order chi connectivity index (χ0) is 20.1. The summed E-state index contributed by atoms with van der Waals surface area (Å²) in [5.74, 6) is 0.758. The first kappa shape index (κ1) is 22.4. The minimum Gasteiger partial charge on any atom is -0.367 e. The summed E-state index contributed by atoms with van der Waals surface area (Å²) >= 11 is 1.98. The van der Waals surface area contributed by atoms with Crippen molar-refractivity contribution < 1.29 is 14.6 Å². The van der Waals surface area contributed by atoms with Crippen LogP contribution >= 0.6 is 11.8 Å². The minimum atomic E-state index is -1.05. The summed E-state index contributed by atoms with van der Waals surface area (Å²) in [6, 6.07) is 4.15. The van der Waals surface area contributed by atoms with Gasteiger partial charge in [0.05, 0.1) is 12.0 Å². The second-order valence-electron chi connectivity index (χ2n) is 8.16. The topological polar surface area (TPSA) is 46.5 Å². The van der Waals surface area contributed by atoms with Crippen LogP contribution in [-0.4, -0.2) is 34.3 Å². The lowest BCUT2D eigenvalue weighted by molar-refractivity contribution is -0.188. The maximum atomic E-state index is 13.0. The Morgan fingerprint density at radius 3 is 2.37 bits per heavy atom. The Kier molecular flexibility index (Phi) is 8.39. The molecule has 5 unspecified atom stereocenters. The zero-order valence-electron chi connectivity index (χ0n) is 17.7. The lowest BCUT2D eigenvalue weighted by atomic mass is 9.81. The van der Waals surface area contributed by atoms with E-state index in [1.54, 1.807) is 0 Å². The van der Waals surface area contributed by atoms with Gasteiger partial charge in [0.25, 0.3) is 0 Å². The van der Waals surface area contributed by atoms with Crippen molar-refractivity contribution in [3.63, 3.8) is 0 Å². The third kappa shape index (κ3) is 5.58. The molecule has 0 aliphatic carbocycles. The van der Waals surface area contributed by atoms with E-state index in [2.05, 4.69) is 39.8 Å². The molecule has 3 nitrogen and oxygen atoms in total. The number of aliphatic hydroxyl groups is 1. The fourth-order valence-corrected chi connectivity index (χ4v) is 5.66. The SMILES string of the molecule is CCCC(CC)SCC(C)C1CC(=O)C(c2c(C)cc(C)cc2C)C(O)O1. The van der Waals surface area contributed by atoms with Crippen molar-refractivity contribution in [3.05, 3.63) is 34.4 Å². The largest absolute Gasteiger partial charge is 0.367 e. The monoisotopic (exact) mass is 392 g/mol. The maximum Gasteiger partial charge on any atom is 0.168 e. The maximum absolute atomic E-state index is 13.0. The molecule has 0 aromatic heterocycles. The highest BCUT2D eigenvalue weighted by atomic mass is 32.2. The molecule has 0 saturated carbocycles. The molecule has 1 aliphatic heterocycles. The van der Waals surface area contributed by atoms with E-state index in [0.29, 0.717) is 11.7 Å². The van der Waals surface area contributed by atoms with Gasteiger partial charge in [-0.05, 0) is 62.0 Å². The zero-order valence-corrected chi connectivity index (χ0v) is 18.6. The quantitative estimate of drug-likeness (QED) is 0.650. The molecule has 2 rings (SSSR count). The van der Waals surface area contributed by atoms with E-state index >= 15 is 0 Å². The number of aryl methyl sites for hydroxylation is 3. The van der Waals surface area contributed by atoms with Gasteiger partial charge in [0.15, 0.2) is 6.29 Å².